The van der Waals surface area contributed by atoms with Gasteiger partial charge in [-0.05, 0) is 18.4 Å². The first-order chi connectivity index (χ1) is 11.1. The van der Waals surface area contributed by atoms with Gasteiger partial charge >= 0.3 is 12.0 Å². The van der Waals surface area contributed by atoms with Crippen molar-refractivity contribution in [3.8, 4) is 0 Å². The minimum atomic E-state index is -0.339. The summed E-state index contributed by atoms with van der Waals surface area (Å²) in [5.74, 6) is 0.157. The normalized spacial score (nSPS) is 22.2. The summed E-state index contributed by atoms with van der Waals surface area (Å²) in [6.45, 7) is 2.18. The van der Waals surface area contributed by atoms with Gasteiger partial charge in [0.25, 0.3) is 5.56 Å². The monoisotopic (exact) mass is 319 g/mol. The number of nitrogens with zero attached hydrogens (tertiary/aromatic N) is 2. The zero-order chi connectivity index (χ0) is 16.4. The van der Waals surface area contributed by atoms with Crippen molar-refractivity contribution < 1.29 is 14.3 Å². The molecule has 3 rings (SSSR count). The lowest BCUT2D eigenvalue weighted by Gasteiger charge is -2.42. The topological polar surface area (TPSA) is 80.6 Å². The largest absolute Gasteiger partial charge is 0.469 e. The fourth-order valence-electron chi connectivity index (χ4n) is 3.55. The lowest BCUT2D eigenvalue weighted by atomic mass is 9.83. The van der Waals surface area contributed by atoms with Gasteiger partial charge in [0, 0.05) is 43.9 Å². The summed E-state index contributed by atoms with van der Waals surface area (Å²) in [6, 6.07) is 5.18. The van der Waals surface area contributed by atoms with E-state index in [9.17, 15) is 14.4 Å². The Balaban J connectivity index is 1.64. The number of amides is 2. The van der Waals surface area contributed by atoms with Gasteiger partial charge in [0.2, 0.25) is 0 Å². The number of esters is 1. The molecule has 0 aromatic carbocycles. The predicted molar refractivity (Wildman–Crippen MR) is 83.2 cm³/mol. The number of ether oxygens (including phenoxy) is 1. The van der Waals surface area contributed by atoms with E-state index in [0.29, 0.717) is 25.6 Å². The first kappa shape index (κ1) is 15.6. The molecule has 0 radical (unpaired) electrons. The number of hydrogen-bond acceptors (Lipinski definition) is 4. The van der Waals surface area contributed by atoms with Crippen molar-refractivity contribution >= 4 is 12.0 Å². The molecule has 23 heavy (non-hydrogen) atoms. The first-order valence-corrected chi connectivity index (χ1v) is 7.88. The summed E-state index contributed by atoms with van der Waals surface area (Å²) in [6.07, 6.45) is 1.18. The zero-order valence-electron chi connectivity index (χ0n) is 13.2. The Kier molecular flexibility index (Phi) is 4.36. The molecule has 2 aliphatic heterocycles. The second kappa shape index (κ2) is 6.44. The number of aromatic nitrogens is 1. The molecular formula is C16H21N3O4. The maximum Gasteiger partial charge on any atom is 0.317 e. The van der Waals surface area contributed by atoms with E-state index in [-0.39, 0.29) is 36.4 Å². The van der Waals surface area contributed by atoms with Crippen molar-refractivity contribution in [2.24, 2.45) is 5.92 Å². The Labute approximate surface area is 134 Å². The molecule has 3 heterocycles. The second-order valence-corrected chi connectivity index (χ2v) is 6.16. The third kappa shape index (κ3) is 3.23. The third-order valence-electron chi connectivity index (χ3n) is 4.60. The van der Waals surface area contributed by atoms with Crippen LogP contribution in [0.15, 0.2) is 23.0 Å². The average molecular weight is 319 g/mol. The van der Waals surface area contributed by atoms with Crippen molar-refractivity contribution in [2.45, 2.75) is 25.3 Å². The number of rotatable bonds is 3. The molecule has 2 atom stereocenters. The molecule has 1 aromatic rings. The molecule has 2 bridgehead atoms. The van der Waals surface area contributed by atoms with Gasteiger partial charge in [-0.1, -0.05) is 6.07 Å². The molecule has 1 N–H and O–H groups in total. The van der Waals surface area contributed by atoms with Crippen LogP contribution in [0.3, 0.4) is 0 Å². The Morgan fingerprint density at radius 2 is 2.13 bits per heavy atom. The Morgan fingerprint density at radius 3 is 2.91 bits per heavy atom. The number of pyridine rings is 1. The van der Waals surface area contributed by atoms with Crippen molar-refractivity contribution in [3.05, 3.63) is 34.2 Å². The van der Waals surface area contributed by atoms with Gasteiger partial charge in [-0.25, -0.2) is 4.79 Å². The molecule has 2 amide bonds. The summed E-state index contributed by atoms with van der Waals surface area (Å²) in [7, 11) is 1.33. The number of nitrogens with one attached hydrogen (secondary N) is 1. The highest BCUT2D eigenvalue weighted by Gasteiger charge is 2.36. The molecule has 2 unspecified atom stereocenters. The number of hydrogen-bond donors (Lipinski definition) is 1. The number of fused-ring (bicyclic) bond motifs is 4. The fraction of sp³-hybridized carbons (Fsp3) is 0.562. The molecule has 7 heteroatoms. The minimum Gasteiger partial charge on any atom is -0.469 e. The lowest BCUT2D eigenvalue weighted by molar-refractivity contribution is -0.140. The molecule has 124 valence electrons. The fourth-order valence-corrected chi connectivity index (χ4v) is 3.55. The van der Waals surface area contributed by atoms with Crippen LogP contribution in [0.2, 0.25) is 0 Å². The summed E-state index contributed by atoms with van der Waals surface area (Å²) in [5, 5.41) is 2.76. The van der Waals surface area contributed by atoms with Crippen LogP contribution in [0, 0.1) is 5.92 Å². The summed E-state index contributed by atoms with van der Waals surface area (Å²) < 4.78 is 6.39. The van der Waals surface area contributed by atoms with Gasteiger partial charge < -0.3 is 19.5 Å². The van der Waals surface area contributed by atoms with E-state index >= 15 is 0 Å². The van der Waals surface area contributed by atoms with Gasteiger partial charge in [0.15, 0.2) is 0 Å². The van der Waals surface area contributed by atoms with E-state index < -0.39 is 0 Å². The smallest absolute Gasteiger partial charge is 0.317 e. The van der Waals surface area contributed by atoms with Crippen LogP contribution in [-0.4, -0.2) is 48.2 Å². The van der Waals surface area contributed by atoms with Crippen LogP contribution in [0.1, 0.15) is 24.5 Å². The molecule has 2 aliphatic rings. The summed E-state index contributed by atoms with van der Waals surface area (Å²) in [5.41, 5.74) is 1.05. The van der Waals surface area contributed by atoms with Crippen molar-refractivity contribution in [2.75, 3.05) is 26.7 Å². The highest BCUT2D eigenvalue weighted by Crippen LogP contribution is 2.34. The van der Waals surface area contributed by atoms with Gasteiger partial charge in [-0.2, -0.15) is 0 Å². The molecule has 7 nitrogen and oxygen atoms in total. The van der Waals surface area contributed by atoms with Crippen LogP contribution in [0.4, 0.5) is 4.79 Å². The van der Waals surface area contributed by atoms with Gasteiger partial charge in [-0.3, -0.25) is 9.59 Å². The molecule has 1 fully saturated rings. The van der Waals surface area contributed by atoms with Crippen LogP contribution in [0.25, 0.3) is 0 Å². The van der Waals surface area contributed by atoms with E-state index in [1.165, 1.54) is 7.11 Å². The lowest BCUT2D eigenvalue weighted by Crippen LogP contribution is -2.52. The quantitative estimate of drug-likeness (QED) is 0.825. The molecule has 1 saturated heterocycles. The number of carbonyl (C=O) groups is 2. The number of carbonyl (C=O) groups excluding carboxylic acids is 2. The van der Waals surface area contributed by atoms with Gasteiger partial charge in [-0.15, -0.1) is 0 Å². The first-order valence-electron chi connectivity index (χ1n) is 7.88. The van der Waals surface area contributed by atoms with Crippen molar-refractivity contribution in [1.82, 2.24) is 14.8 Å². The summed E-state index contributed by atoms with van der Waals surface area (Å²) in [4.78, 5) is 37.1. The minimum absolute atomic E-state index is 0.0354. The van der Waals surface area contributed by atoms with E-state index in [1.807, 2.05) is 10.6 Å². The average Bonchev–Trinajstić information content (AvgIpc) is 2.55. The molecular weight excluding hydrogens is 298 g/mol. The maximum atomic E-state index is 12.3. The standard InChI is InChI=1S/C16H21N3O4/c1-23-15(21)5-6-17-16(22)18-8-11-7-12(10-18)13-3-2-4-14(20)19(13)9-11/h2-4,11-12H,5-10H2,1H3,(H,17,22). The van der Waals surface area contributed by atoms with Crippen molar-refractivity contribution in [1.29, 1.82) is 0 Å². The number of methoxy groups -OCH3 is 1. The zero-order valence-corrected chi connectivity index (χ0v) is 13.2. The molecule has 0 saturated carbocycles. The van der Waals surface area contributed by atoms with Crippen LogP contribution < -0.4 is 10.9 Å². The highest BCUT2D eigenvalue weighted by molar-refractivity contribution is 5.75. The number of likely N-dealkylation sites (tertiary alicyclic amines) is 1. The van der Waals surface area contributed by atoms with Crippen LogP contribution >= 0.6 is 0 Å². The Bertz CT molecular complexity index is 670. The molecule has 1 aromatic heterocycles. The second-order valence-electron chi connectivity index (χ2n) is 6.16. The van der Waals surface area contributed by atoms with E-state index in [2.05, 4.69) is 10.1 Å². The van der Waals surface area contributed by atoms with Crippen LogP contribution in [-0.2, 0) is 16.1 Å². The third-order valence-corrected chi connectivity index (χ3v) is 4.60. The van der Waals surface area contributed by atoms with Crippen molar-refractivity contribution in [3.63, 3.8) is 0 Å². The SMILES string of the molecule is COC(=O)CCNC(=O)N1CC2CC(C1)c1cccc(=O)n1C2. The van der Waals surface area contributed by atoms with E-state index in [0.717, 1.165) is 12.1 Å². The molecule has 0 spiro atoms. The summed E-state index contributed by atoms with van der Waals surface area (Å²) >= 11 is 0. The predicted octanol–water partition coefficient (Wildman–Crippen LogP) is 0.540. The van der Waals surface area contributed by atoms with E-state index in [1.54, 1.807) is 17.0 Å². The number of urea groups is 1. The van der Waals surface area contributed by atoms with Crippen LogP contribution in [0.5, 0.6) is 0 Å². The maximum absolute atomic E-state index is 12.3. The van der Waals surface area contributed by atoms with E-state index in [4.69, 9.17) is 0 Å². The van der Waals surface area contributed by atoms with Gasteiger partial charge in [0.1, 0.15) is 0 Å². The van der Waals surface area contributed by atoms with Gasteiger partial charge in [0.05, 0.1) is 13.5 Å². The molecule has 0 aliphatic carbocycles. The highest BCUT2D eigenvalue weighted by atomic mass is 16.5. The Morgan fingerprint density at radius 1 is 1.30 bits per heavy atom. The Hall–Kier alpha value is -2.31. The number of piperidine rings is 1.